The molecule has 0 saturated carbocycles. The van der Waals surface area contributed by atoms with E-state index in [0.29, 0.717) is 0 Å². The minimum absolute atomic E-state index is 0.207. The van der Waals surface area contributed by atoms with E-state index < -0.39 is 0 Å². The number of nitrogens with two attached hydrogens (primary N) is 1. The van der Waals surface area contributed by atoms with Crippen LogP contribution in [0, 0.1) is 0 Å². The average molecular weight is 291 g/mol. The molecule has 0 fully saturated rings. The Kier molecular flexibility index (Phi) is 6.56. The van der Waals surface area contributed by atoms with Crippen LogP contribution in [0.1, 0.15) is 26.3 Å². The molecule has 0 radical (unpaired) electrons. The molecule has 20 heavy (non-hydrogen) atoms. The average Bonchev–Trinajstić information content (AvgIpc) is 2.43. The van der Waals surface area contributed by atoms with Crippen LogP contribution in [-0.4, -0.2) is 6.54 Å². The first-order valence-corrected chi connectivity index (χ1v) is 7.15. The van der Waals surface area contributed by atoms with E-state index >= 15 is 0 Å². The second-order valence-corrected chi connectivity index (χ2v) is 5.51. The molecule has 0 aromatic heterocycles. The summed E-state index contributed by atoms with van der Waals surface area (Å²) in [5.41, 5.74) is 7.83. The molecule has 3 N–H and O–H groups in total. The van der Waals surface area contributed by atoms with E-state index in [1.807, 2.05) is 75.4 Å². The number of hydrogen-bond donors (Lipinski definition) is 2. The Morgan fingerprint density at radius 2 is 1.55 bits per heavy atom. The van der Waals surface area contributed by atoms with Crippen molar-refractivity contribution < 1.29 is 0 Å². The second-order valence-electron chi connectivity index (χ2n) is 5.10. The lowest BCUT2D eigenvalue weighted by molar-refractivity contribution is 0.554. The van der Waals surface area contributed by atoms with Gasteiger partial charge in [-0.15, -0.1) is 0 Å². The fourth-order valence-corrected chi connectivity index (χ4v) is 1.87. The fraction of sp³-hybridized carbons (Fsp3) is 0.294. The predicted octanol–water partition coefficient (Wildman–Crippen LogP) is 4.65. The SMILES string of the molecule is CC(C)(N)c1ccccc1.CCNc1ccccc1Cl. The van der Waals surface area contributed by atoms with Crippen molar-refractivity contribution >= 4 is 17.3 Å². The number of nitrogens with one attached hydrogen (secondary N) is 1. The minimum atomic E-state index is -0.207. The highest BCUT2D eigenvalue weighted by atomic mass is 35.5. The molecule has 0 aliphatic rings. The molecular weight excluding hydrogens is 268 g/mol. The zero-order valence-electron chi connectivity index (χ0n) is 12.4. The van der Waals surface area contributed by atoms with Gasteiger partial charge in [-0.1, -0.05) is 54.1 Å². The van der Waals surface area contributed by atoms with E-state index in [4.69, 9.17) is 17.3 Å². The lowest BCUT2D eigenvalue weighted by atomic mass is 9.96. The third-order valence-electron chi connectivity index (χ3n) is 2.76. The molecular formula is C17H23ClN2. The highest BCUT2D eigenvalue weighted by Crippen LogP contribution is 2.19. The summed E-state index contributed by atoms with van der Waals surface area (Å²) in [5, 5.41) is 3.93. The van der Waals surface area contributed by atoms with E-state index in [2.05, 4.69) is 5.32 Å². The summed E-state index contributed by atoms with van der Waals surface area (Å²) in [6.45, 7) is 6.96. The van der Waals surface area contributed by atoms with Crippen LogP contribution in [0.15, 0.2) is 54.6 Å². The zero-order chi connectivity index (χ0) is 15.0. The van der Waals surface area contributed by atoms with Crippen LogP contribution in [0.4, 0.5) is 5.69 Å². The van der Waals surface area contributed by atoms with Gasteiger partial charge in [0.05, 0.1) is 10.7 Å². The zero-order valence-corrected chi connectivity index (χ0v) is 13.1. The van der Waals surface area contributed by atoms with Crippen molar-refractivity contribution in [2.75, 3.05) is 11.9 Å². The van der Waals surface area contributed by atoms with Gasteiger partial charge in [0.15, 0.2) is 0 Å². The van der Waals surface area contributed by atoms with Crippen molar-refractivity contribution in [2.45, 2.75) is 26.3 Å². The largest absolute Gasteiger partial charge is 0.384 e. The normalized spacial score (nSPS) is 10.4. The molecule has 0 bridgehead atoms. The molecule has 2 rings (SSSR count). The standard InChI is InChI=1S/C9H13N.C8H10ClN/c1-9(2,10)8-6-4-3-5-7-8;1-2-10-8-6-4-3-5-7(8)9/h3-7H,10H2,1-2H3;3-6,10H,2H2,1H3. The van der Waals surface area contributed by atoms with Gasteiger partial charge in [-0.05, 0) is 38.5 Å². The van der Waals surface area contributed by atoms with Gasteiger partial charge >= 0.3 is 0 Å². The van der Waals surface area contributed by atoms with Gasteiger partial charge in [-0.3, -0.25) is 0 Å². The Balaban J connectivity index is 0.000000200. The molecule has 2 nitrogen and oxygen atoms in total. The van der Waals surface area contributed by atoms with Crippen molar-refractivity contribution in [2.24, 2.45) is 5.73 Å². The highest BCUT2D eigenvalue weighted by Gasteiger charge is 2.11. The molecule has 108 valence electrons. The maximum absolute atomic E-state index is 5.86. The quantitative estimate of drug-likeness (QED) is 0.863. The summed E-state index contributed by atoms with van der Waals surface area (Å²) in [4.78, 5) is 0. The maximum atomic E-state index is 5.86. The number of para-hydroxylation sites is 1. The number of halogens is 1. The number of benzene rings is 2. The van der Waals surface area contributed by atoms with E-state index in [1.54, 1.807) is 0 Å². The predicted molar refractivity (Wildman–Crippen MR) is 89.3 cm³/mol. The van der Waals surface area contributed by atoms with Crippen LogP contribution in [0.5, 0.6) is 0 Å². The Hall–Kier alpha value is -1.51. The summed E-state index contributed by atoms with van der Waals surface area (Å²) in [5.74, 6) is 0. The van der Waals surface area contributed by atoms with Crippen molar-refractivity contribution in [3.8, 4) is 0 Å². The van der Waals surface area contributed by atoms with Crippen LogP contribution < -0.4 is 11.1 Å². The molecule has 0 atom stereocenters. The van der Waals surface area contributed by atoms with Crippen molar-refractivity contribution in [1.29, 1.82) is 0 Å². The van der Waals surface area contributed by atoms with Crippen LogP contribution in [-0.2, 0) is 5.54 Å². The fourth-order valence-electron chi connectivity index (χ4n) is 1.66. The molecule has 0 amide bonds. The molecule has 0 aliphatic carbocycles. The van der Waals surface area contributed by atoms with Crippen molar-refractivity contribution in [1.82, 2.24) is 0 Å². The monoisotopic (exact) mass is 290 g/mol. The Morgan fingerprint density at radius 1 is 1.00 bits per heavy atom. The lowest BCUT2D eigenvalue weighted by Gasteiger charge is -2.18. The first kappa shape index (κ1) is 16.5. The molecule has 0 unspecified atom stereocenters. The maximum Gasteiger partial charge on any atom is 0.0637 e. The number of hydrogen-bond acceptors (Lipinski definition) is 2. The third kappa shape index (κ3) is 5.64. The Bertz CT molecular complexity index is 504. The van der Waals surface area contributed by atoms with Crippen LogP contribution in [0.2, 0.25) is 5.02 Å². The molecule has 3 heteroatoms. The van der Waals surface area contributed by atoms with Crippen LogP contribution in [0.25, 0.3) is 0 Å². The summed E-state index contributed by atoms with van der Waals surface area (Å²) in [7, 11) is 0. The van der Waals surface area contributed by atoms with E-state index in [9.17, 15) is 0 Å². The Labute approximate surface area is 127 Å². The molecule has 0 saturated heterocycles. The van der Waals surface area contributed by atoms with Crippen molar-refractivity contribution in [3.63, 3.8) is 0 Å². The van der Waals surface area contributed by atoms with E-state index in [1.165, 1.54) is 5.56 Å². The molecule has 2 aromatic carbocycles. The molecule has 0 heterocycles. The van der Waals surface area contributed by atoms with E-state index in [0.717, 1.165) is 17.3 Å². The molecule has 0 spiro atoms. The number of anilines is 1. The first-order valence-electron chi connectivity index (χ1n) is 6.78. The van der Waals surface area contributed by atoms with Gasteiger partial charge < -0.3 is 11.1 Å². The van der Waals surface area contributed by atoms with Gasteiger partial charge in [0.25, 0.3) is 0 Å². The summed E-state index contributed by atoms with van der Waals surface area (Å²) in [6, 6.07) is 17.8. The summed E-state index contributed by atoms with van der Waals surface area (Å²) in [6.07, 6.45) is 0. The summed E-state index contributed by atoms with van der Waals surface area (Å²) < 4.78 is 0. The third-order valence-corrected chi connectivity index (χ3v) is 3.09. The van der Waals surface area contributed by atoms with Crippen LogP contribution >= 0.6 is 11.6 Å². The van der Waals surface area contributed by atoms with E-state index in [-0.39, 0.29) is 5.54 Å². The Morgan fingerprint density at radius 3 is 2.00 bits per heavy atom. The lowest BCUT2D eigenvalue weighted by Crippen LogP contribution is -2.28. The van der Waals surface area contributed by atoms with Crippen molar-refractivity contribution in [3.05, 3.63) is 65.2 Å². The van der Waals surface area contributed by atoms with Gasteiger partial charge in [-0.2, -0.15) is 0 Å². The smallest absolute Gasteiger partial charge is 0.0637 e. The van der Waals surface area contributed by atoms with Gasteiger partial charge in [-0.25, -0.2) is 0 Å². The topological polar surface area (TPSA) is 38.0 Å². The van der Waals surface area contributed by atoms with Gasteiger partial charge in [0.1, 0.15) is 0 Å². The molecule has 2 aromatic rings. The number of rotatable bonds is 3. The highest BCUT2D eigenvalue weighted by molar-refractivity contribution is 6.33. The van der Waals surface area contributed by atoms with Crippen LogP contribution in [0.3, 0.4) is 0 Å². The van der Waals surface area contributed by atoms with Gasteiger partial charge in [0, 0.05) is 12.1 Å². The van der Waals surface area contributed by atoms with Gasteiger partial charge in [0.2, 0.25) is 0 Å². The minimum Gasteiger partial charge on any atom is -0.384 e. The first-order chi connectivity index (χ1) is 9.45. The molecule has 0 aliphatic heterocycles. The summed E-state index contributed by atoms with van der Waals surface area (Å²) >= 11 is 5.84. The second kappa shape index (κ2) is 7.93.